The molecule has 0 N–H and O–H groups in total. The molecular weight excluding hydrogens is 154 g/mol. The number of nitriles is 1. The fraction of sp³-hybridized carbons (Fsp3) is 0.333. The average molecular weight is 160 g/mol. The van der Waals surface area contributed by atoms with Crippen LogP contribution in [0.3, 0.4) is 0 Å². The largest absolute Gasteiger partial charge is 0.466 e. The molecule has 3 nitrogen and oxygen atoms in total. The Hall–Kier alpha value is -1.01. The summed E-state index contributed by atoms with van der Waals surface area (Å²) in [6.07, 6.45) is 2.69. The molecule has 0 aromatic carbocycles. The van der Waals surface area contributed by atoms with Crippen LogP contribution < -0.4 is 0 Å². The molecule has 10 heavy (non-hydrogen) atoms. The quantitative estimate of drug-likeness (QED) is 0.347. The lowest BCUT2D eigenvalue weighted by Crippen LogP contribution is -2.04. The zero-order valence-corrected chi connectivity index (χ0v) is 5.91. The summed E-state index contributed by atoms with van der Waals surface area (Å²) in [5, 5.41) is 7.62. The van der Waals surface area contributed by atoms with Crippen molar-refractivity contribution in [1.29, 1.82) is 5.26 Å². The molecule has 1 atom stereocenters. The Morgan fingerprint density at radius 1 is 1.80 bits per heavy atom. The predicted octanol–water partition coefficient (Wildman–Crippen LogP) is 0.847. The van der Waals surface area contributed by atoms with Gasteiger partial charge in [0.2, 0.25) is 0 Å². The van der Waals surface area contributed by atoms with Crippen molar-refractivity contribution in [1.82, 2.24) is 0 Å². The third kappa shape index (κ3) is 5.13. The van der Waals surface area contributed by atoms with Crippen LogP contribution in [-0.2, 0) is 9.53 Å². The van der Waals surface area contributed by atoms with Crippen LogP contribution in [0.4, 0.5) is 0 Å². The average Bonchev–Trinajstić information content (AvgIpc) is 1.97. The van der Waals surface area contributed by atoms with Crippen molar-refractivity contribution in [3.63, 3.8) is 0 Å². The highest BCUT2D eigenvalue weighted by atomic mass is 35.5. The smallest absolute Gasteiger partial charge is 0.293 e. The molecule has 0 aliphatic heterocycles. The zero-order valence-electron chi connectivity index (χ0n) is 5.16. The number of carbonyl (C=O) groups excluding carboxylic acids is 1. The third-order valence-electron chi connectivity index (χ3n) is 0.703. The predicted molar refractivity (Wildman–Crippen MR) is 36.4 cm³/mol. The lowest BCUT2D eigenvalue weighted by Gasteiger charge is -1.98. The minimum Gasteiger partial charge on any atom is -0.466 e. The van der Waals surface area contributed by atoms with Crippen LogP contribution in [0.5, 0.6) is 0 Å². The standard InChI is InChI=1S/C6H6ClNO2/c7-6(2-1-3-8)4-10-5-9/h1-2,5-6H,4H2/b2-1-/t6-/m0/s1. The van der Waals surface area contributed by atoms with Crippen molar-refractivity contribution in [3.8, 4) is 6.07 Å². The second-order valence-electron chi connectivity index (χ2n) is 1.43. The van der Waals surface area contributed by atoms with E-state index in [0.717, 1.165) is 0 Å². The Bertz CT molecular complexity index is 162. The molecule has 0 spiro atoms. The molecule has 0 radical (unpaired) electrons. The van der Waals surface area contributed by atoms with Gasteiger partial charge in [-0.25, -0.2) is 0 Å². The number of halogens is 1. The molecule has 0 rings (SSSR count). The fourth-order valence-electron chi connectivity index (χ4n) is 0.334. The SMILES string of the molecule is N#C/C=C\[C@H](Cl)COC=O. The summed E-state index contributed by atoms with van der Waals surface area (Å²) in [7, 11) is 0. The molecular formula is C6H6ClNO2. The van der Waals surface area contributed by atoms with Crippen LogP contribution in [-0.4, -0.2) is 18.5 Å². The lowest BCUT2D eigenvalue weighted by molar-refractivity contribution is -0.128. The summed E-state index contributed by atoms with van der Waals surface area (Å²) in [5.41, 5.74) is 0. The Morgan fingerprint density at radius 3 is 3.00 bits per heavy atom. The van der Waals surface area contributed by atoms with Gasteiger partial charge in [0.25, 0.3) is 6.47 Å². The summed E-state index contributed by atoms with van der Waals surface area (Å²) in [6.45, 7) is 0.416. The maximum absolute atomic E-state index is 9.61. The molecule has 0 bridgehead atoms. The van der Waals surface area contributed by atoms with E-state index in [2.05, 4.69) is 4.74 Å². The topological polar surface area (TPSA) is 50.1 Å². The van der Waals surface area contributed by atoms with Gasteiger partial charge in [0, 0.05) is 6.08 Å². The molecule has 0 heterocycles. The van der Waals surface area contributed by atoms with Gasteiger partial charge in [-0.3, -0.25) is 4.79 Å². The van der Waals surface area contributed by atoms with E-state index in [-0.39, 0.29) is 6.61 Å². The molecule has 0 aromatic heterocycles. The van der Waals surface area contributed by atoms with Crippen molar-refractivity contribution < 1.29 is 9.53 Å². The first-order valence-electron chi connectivity index (χ1n) is 2.57. The van der Waals surface area contributed by atoms with Gasteiger partial charge in [-0.1, -0.05) is 6.08 Å². The molecule has 0 fully saturated rings. The minimum absolute atomic E-state index is 0.100. The summed E-state index contributed by atoms with van der Waals surface area (Å²) < 4.78 is 4.32. The van der Waals surface area contributed by atoms with E-state index in [1.165, 1.54) is 12.2 Å². The van der Waals surface area contributed by atoms with Gasteiger partial charge in [-0.15, -0.1) is 11.6 Å². The second kappa shape index (κ2) is 6.12. The van der Waals surface area contributed by atoms with Gasteiger partial charge in [0.05, 0.1) is 11.4 Å². The number of rotatable bonds is 4. The first-order chi connectivity index (χ1) is 4.81. The molecule has 0 aliphatic carbocycles. The molecule has 0 saturated carbocycles. The van der Waals surface area contributed by atoms with E-state index in [9.17, 15) is 4.79 Å². The van der Waals surface area contributed by atoms with Crippen molar-refractivity contribution in [2.24, 2.45) is 0 Å². The number of allylic oxidation sites excluding steroid dienone is 1. The number of carbonyl (C=O) groups is 1. The first-order valence-corrected chi connectivity index (χ1v) is 3.00. The van der Waals surface area contributed by atoms with Gasteiger partial charge in [0.1, 0.15) is 6.61 Å². The van der Waals surface area contributed by atoms with E-state index in [4.69, 9.17) is 16.9 Å². The van der Waals surface area contributed by atoms with E-state index in [0.29, 0.717) is 6.47 Å². The van der Waals surface area contributed by atoms with Gasteiger partial charge in [-0.2, -0.15) is 5.26 Å². The third-order valence-corrected chi connectivity index (χ3v) is 0.975. The Morgan fingerprint density at radius 2 is 2.50 bits per heavy atom. The highest BCUT2D eigenvalue weighted by Gasteiger charge is 1.96. The number of ether oxygens (including phenoxy) is 1. The van der Waals surface area contributed by atoms with Gasteiger partial charge in [0.15, 0.2) is 0 Å². The van der Waals surface area contributed by atoms with Crippen molar-refractivity contribution >= 4 is 18.1 Å². The van der Waals surface area contributed by atoms with E-state index in [1.54, 1.807) is 6.07 Å². The van der Waals surface area contributed by atoms with Crippen LogP contribution in [0.1, 0.15) is 0 Å². The van der Waals surface area contributed by atoms with Crippen LogP contribution in [0, 0.1) is 11.3 Å². The maximum Gasteiger partial charge on any atom is 0.293 e. The molecule has 0 saturated heterocycles. The van der Waals surface area contributed by atoms with Crippen molar-refractivity contribution in [3.05, 3.63) is 12.2 Å². The summed E-state index contributed by atoms with van der Waals surface area (Å²) in [4.78, 5) is 9.61. The Kier molecular flexibility index (Phi) is 5.50. The van der Waals surface area contributed by atoms with E-state index < -0.39 is 5.38 Å². The van der Waals surface area contributed by atoms with Crippen molar-refractivity contribution in [2.45, 2.75) is 5.38 Å². The summed E-state index contributed by atoms with van der Waals surface area (Å²) in [6, 6.07) is 1.77. The maximum atomic E-state index is 9.61. The highest BCUT2D eigenvalue weighted by Crippen LogP contribution is 1.96. The van der Waals surface area contributed by atoms with E-state index >= 15 is 0 Å². The lowest BCUT2D eigenvalue weighted by atomic mass is 10.4. The molecule has 0 aromatic rings. The molecule has 0 amide bonds. The number of hydrogen-bond acceptors (Lipinski definition) is 3. The molecule has 4 heteroatoms. The second-order valence-corrected chi connectivity index (χ2v) is 1.99. The van der Waals surface area contributed by atoms with Gasteiger partial charge >= 0.3 is 0 Å². The van der Waals surface area contributed by atoms with Crippen LogP contribution in [0.15, 0.2) is 12.2 Å². The first kappa shape index (κ1) is 8.99. The molecule has 0 aliphatic rings. The monoisotopic (exact) mass is 159 g/mol. The summed E-state index contributed by atoms with van der Waals surface area (Å²) >= 11 is 5.52. The molecule has 54 valence electrons. The number of hydrogen-bond donors (Lipinski definition) is 0. The normalized spacial score (nSPS) is 12.4. The van der Waals surface area contributed by atoms with E-state index in [1.807, 2.05) is 0 Å². The molecule has 0 unspecified atom stereocenters. The number of nitrogens with zero attached hydrogens (tertiary/aromatic N) is 1. The van der Waals surface area contributed by atoms with Crippen LogP contribution >= 0.6 is 11.6 Å². The Balaban J connectivity index is 3.44. The zero-order chi connectivity index (χ0) is 7.82. The minimum atomic E-state index is -0.412. The highest BCUT2D eigenvalue weighted by molar-refractivity contribution is 6.21. The van der Waals surface area contributed by atoms with Gasteiger partial charge in [-0.05, 0) is 0 Å². The van der Waals surface area contributed by atoms with Gasteiger partial charge < -0.3 is 4.74 Å². The van der Waals surface area contributed by atoms with Crippen molar-refractivity contribution in [2.75, 3.05) is 6.61 Å². The fourth-order valence-corrected chi connectivity index (χ4v) is 0.480. The Labute approximate surface area is 63.8 Å². The number of alkyl halides is 1. The van der Waals surface area contributed by atoms with Crippen LogP contribution in [0.2, 0.25) is 0 Å². The summed E-state index contributed by atoms with van der Waals surface area (Å²) in [5.74, 6) is 0. The van der Waals surface area contributed by atoms with Crippen LogP contribution in [0.25, 0.3) is 0 Å².